The quantitative estimate of drug-likeness (QED) is 0.504. The number of thioether (sulfide) groups is 1. The van der Waals surface area contributed by atoms with Crippen molar-refractivity contribution in [3.63, 3.8) is 0 Å². The number of fused-ring (bicyclic) bond motifs is 3. The summed E-state index contributed by atoms with van der Waals surface area (Å²) in [5, 5.41) is 4.03. The van der Waals surface area contributed by atoms with Gasteiger partial charge in [-0.2, -0.15) is 0 Å². The zero-order valence-electron chi connectivity index (χ0n) is 14.8. The number of ether oxygens (including phenoxy) is 1. The fraction of sp³-hybridized carbons (Fsp3) is 0.316. The minimum absolute atomic E-state index is 0.105. The molecule has 27 heavy (non-hydrogen) atoms. The maximum Gasteiger partial charge on any atom is 0.260 e. The number of rotatable bonds is 5. The van der Waals surface area contributed by atoms with Crippen molar-refractivity contribution in [3.8, 4) is 5.75 Å². The highest BCUT2D eigenvalue weighted by Crippen LogP contribution is 2.34. The highest BCUT2D eigenvalue weighted by Gasteiger charge is 2.20. The van der Waals surface area contributed by atoms with E-state index in [4.69, 9.17) is 4.74 Å². The number of hydrogen-bond donors (Lipinski definition) is 2. The highest BCUT2D eigenvalue weighted by molar-refractivity contribution is 7.99. The van der Waals surface area contributed by atoms with Gasteiger partial charge in [0.1, 0.15) is 10.6 Å². The maximum atomic E-state index is 12.5. The third kappa shape index (κ3) is 3.72. The first-order valence-electron chi connectivity index (χ1n) is 8.76. The van der Waals surface area contributed by atoms with Crippen LogP contribution in [-0.4, -0.2) is 28.7 Å². The Kier molecular flexibility index (Phi) is 5.18. The Labute approximate surface area is 164 Å². The van der Waals surface area contributed by atoms with E-state index in [1.165, 1.54) is 28.6 Å². The predicted molar refractivity (Wildman–Crippen MR) is 109 cm³/mol. The Morgan fingerprint density at radius 2 is 2.15 bits per heavy atom. The van der Waals surface area contributed by atoms with Crippen LogP contribution in [0.1, 0.15) is 23.3 Å². The van der Waals surface area contributed by atoms with Gasteiger partial charge in [0.2, 0.25) is 5.91 Å². The first-order valence-corrected chi connectivity index (χ1v) is 10.6. The Hall–Kier alpha value is -2.32. The van der Waals surface area contributed by atoms with Crippen molar-refractivity contribution in [2.45, 2.75) is 30.8 Å². The second-order valence-electron chi connectivity index (χ2n) is 6.30. The number of carbonyl (C=O) groups is 1. The molecule has 2 aromatic heterocycles. The van der Waals surface area contributed by atoms with Crippen LogP contribution in [0.5, 0.6) is 5.75 Å². The molecule has 0 atom stereocenters. The smallest absolute Gasteiger partial charge is 0.260 e. The van der Waals surface area contributed by atoms with Crippen LogP contribution < -0.4 is 15.6 Å². The summed E-state index contributed by atoms with van der Waals surface area (Å²) in [6.45, 7) is 0. The molecule has 0 aliphatic heterocycles. The minimum atomic E-state index is -0.183. The molecule has 1 amide bonds. The van der Waals surface area contributed by atoms with Gasteiger partial charge in [-0.15, -0.1) is 11.3 Å². The molecule has 1 aromatic carbocycles. The summed E-state index contributed by atoms with van der Waals surface area (Å²) >= 11 is 2.83. The molecule has 0 radical (unpaired) electrons. The summed E-state index contributed by atoms with van der Waals surface area (Å²) in [5.74, 6) is 0.572. The number of aryl methyl sites for hydroxylation is 2. The summed E-state index contributed by atoms with van der Waals surface area (Å²) in [5.41, 5.74) is 1.68. The number of nitrogens with one attached hydrogen (secondary N) is 2. The van der Waals surface area contributed by atoms with Gasteiger partial charge in [0.25, 0.3) is 5.56 Å². The number of methoxy groups -OCH3 is 1. The highest BCUT2D eigenvalue weighted by atomic mass is 32.2. The van der Waals surface area contributed by atoms with Crippen molar-refractivity contribution in [2.75, 3.05) is 18.2 Å². The number of benzene rings is 1. The number of anilines is 1. The molecule has 0 spiro atoms. The molecule has 0 unspecified atom stereocenters. The third-order valence-corrected chi connectivity index (χ3v) is 6.58. The number of aromatic nitrogens is 2. The Morgan fingerprint density at radius 3 is 3.00 bits per heavy atom. The maximum absolute atomic E-state index is 12.5. The molecule has 140 valence electrons. The standard InChI is InChI=1S/C19H19N3O3S2/c1-25-13-8-4-3-7-12(13)20-15(23)10-26-19-21-17(24)16-11-6-2-5-9-14(11)27-18(16)22-19/h3-4,7-8H,2,5-6,9-10H2,1H3,(H,20,23)(H,21,22,24). The van der Waals surface area contributed by atoms with E-state index in [9.17, 15) is 9.59 Å². The van der Waals surface area contributed by atoms with E-state index < -0.39 is 0 Å². The molecule has 3 aromatic rings. The lowest BCUT2D eigenvalue weighted by Gasteiger charge is -2.10. The predicted octanol–water partition coefficient (Wildman–Crippen LogP) is 3.60. The van der Waals surface area contributed by atoms with Crippen LogP contribution in [0.4, 0.5) is 5.69 Å². The number of aromatic amines is 1. The molecule has 0 saturated carbocycles. The van der Waals surface area contributed by atoms with Crippen molar-refractivity contribution in [1.82, 2.24) is 9.97 Å². The van der Waals surface area contributed by atoms with E-state index in [2.05, 4.69) is 15.3 Å². The van der Waals surface area contributed by atoms with Gasteiger partial charge in [0, 0.05) is 4.88 Å². The van der Waals surface area contributed by atoms with Crippen LogP contribution in [0.3, 0.4) is 0 Å². The van der Waals surface area contributed by atoms with Crippen LogP contribution in [0.15, 0.2) is 34.2 Å². The molecule has 8 heteroatoms. The van der Waals surface area contributed by atoms with E-state index in [0.29, 0.717) is 16.6 Å². The zero-order chi connectivity index (χ0) is 18.8. The van der Waals surface area contributed by atoms with Crippen LogP contribution in [0.25, 0.3) is 10.2 Å². The largest absolute Gasteiger partial charge is 0.495 e. The molecule has 4 rings (SSSR count). The molecular formula is C19H19N3O3S2. The molecule has 1 aliphatic carbocycles. The summed E-state index contributed by atoms with van der Waals surface area (Å²) in [4.78, 5) is 34.2. The Bertz CT molecular complexity index is 1060. The summed E-state index contributed by atoms with van der Waals surface area (Å²) in [7, 11) is 1.56. The lowest BCUT2D eigenvalue weighted by Crippen LogP contribution is -2.16. The summed E-state index contributed by atoms with van der Waals surface area (Å²) in [6.07, 6.45) is 4.27. The number of amides is 1. The van der Waals surface area contributed by atoms with Crippen LogP contribution >= 0.6 is 23.1 Å². The molecular weight excluding hydrogens is 382 g/mol. The Morgan fingerprint density at radius 1 is 1.33 bits per heavy atom. The van der Waals surface area contributed by atoms with Gasteiger partial charge in [0.05, 0.1) is 23.9 Å². The van der Waals surface area contributed by atoms with Gasteiger partial charge in [-0.25, -0.2) is 4.98 Å². The fourth-order valence-corrected chi connectivity index (χ4v) is 5.26. The van der Waals surface area contributed by atoms with Crippen LogP contribution in [0, 0.1) is 0 Å². The van der Waals surface area contributed by atoms with E-state index >= 15 is 0 Å². The summed E-state index contributed by atoms with van der Waals surface area (Å²) in [6, 6.07) is 7.24. The SMILES string of the molecule is COc1ccccc1NC(=O)CSc1nc2sc3c(c2c(=O)[nH]1)CCCC3. The van der Waals surface area contributed by atoms with Crippen LogP contribution in [-0.2, 0) is 17.6 Å². The number of para-hydroxylation sites is 2. The van der Waals surface area contributed by atoms with E-state index in [1.807, 2.05) is 12.1 Å². The fourth-order valence-electron chi connectivity index (χ4n) is 3.28. The van der Waals surface area contributed by atoms with Crippen LogP contribution in [0.2, 0.25) is 0 Å². The van der Waals surface area contributed by atoms with Crippen molar-refractivity contribution in [1.29, 1.82) is 0 Å². The second kappa shape index (κ2) is 7.74. The molecule has 6 nitrogen and oxygen atoms in total. The molecule has 0 saturated heterocycles. The second-order valence-corrected chi connectivity index (χ2v) is 8.35. The third-order valence-electron chi connectivity index (χ3n) is 4.52. The number of thiophene rings is 1. The normalized spacial score (nSPS) is 13.4. The average Bonchev–Trinajstić information content (AvgIpc) is 3.05. The molecule has 1 aliphatic rings. The zero-order valence-corrected chi connectivity index (χ0v) is 16.5. The number of hydrogen-bond acceptors (Lipinski definition) is 6. The van der Waals surface area contributed by atoms with Gasteiger partial charge in [-0.05, 0) is 43.4 Å². The first kappa shape index (κ1) is 18.1. The molecule has 2 N–H and O–H groups in total. The van der Waals surface area contributed by atoms with E-state index in [0.717, 1.165) is 29.5 Å². The van der Waals surface area contributed by atoms with Gasteiger partial charge < -0.3 is 15.0 Å². The van der Waals surface area contributed by atoms with E-state index in [-0.39, 0.29) is 17.2 Å². The van der Waals surface area contributed by atoms with Crippen molar-refractivity contribution < 1.29 is 9.53 Å². The lowest BCUT2D eigenvalue weighted by molar-refractivity contribution is -0.113. The molecule has 2 heterocycles. The Balaban J connectivity index is 1.49. The monoisotopic (exact) mass is 401 g/mol. The van der Waals surface area contributed by atoms with Crippen molar-refractivity contribution in [2.24, 2.45) is 0 Å². The van der Waals surface area contributed by atoms with Gasteiger partial charge in [-0.1, -0.05) is 23.9 Å². The molecule has 0 bridgehead atoms. The number of H-pyrrole nitrogens is 1. The summed E-state index contributed by atoms with van der Waals surface area (Å²) < 4.78 is 5.23. The van der Waals surface area contributed by atoms with Crippen molar-refractivity contribution in [3.05, 3.63) is 45.1 Å². The van der Waals surface area contributed by atoms with Gasteiger partial charge in [-0.3, -0.25) is 9.59 Å². The van der Waals surface area contributed by atoms with E-state index in [1.54, 1.807) is 30.6 Å². The first-order chi connectivity index (χ1) is 13.2. The van der Waals surface area contributed by atoms with Crippen molar-refractivity contribution >= 4 is 44.9 Å². The van der Waals surface area contributed by atoms with Gasteiger partial charge in [0.15, 0.2) is 5.16 Å². The number of carbonyl (C=O) groups excluding carboxylic acids is 1. The minimum Gasteiger partial charge on any atom is -0.495 e. The number of nitrogens with zero attached hydrogens (tertiary/aromatic N) is 1. The van der Waals surface area contributed by atoms with Gasteiger partial charge >= 0.3 is 0 Å². The average molecular weight is 402 g/mol. The molecule has 0 fully saturated rings. The lowest BCUT2D eigenvalue weighted by atomic mass is 9.97. The topological polar surface area (TPSA) is 84.1 Å².